The van der Waals surface area contributed by atoms with Crippen molar-refractivity contribution in [3.63, 3.8) is 0 Å². The van der Waals surface area contributed by atoms with Gasteiger partial charge in [0.05, 0.1) is 0 Å². The van der Waals surface area contributed by atoms with E-state index in [1.165, 1.54) is 4.90 Å². The SMILES string of the molecule is Cc1cccc(NC(=O)N2CCC(O)(C(F)(F)F)CC2)c1C. The normalized spacial score (nSPS) is 18.2. The van der Waals surface area contributed by atoms with E-state index in [2.05, 4.69) is 5.32 Å². The Labute approximate surface area is 126 Å². The number of aliphatic hydroxyl groups is 1. The van der Waals surface area contributed by atoms with Crippen LogP contribution in [0.2, 0.25) is 0 Å². The fourth-order valence-electron chi connectivity index (χ4n) is 2.44. The van der Waals surface area contributed by atoms with Crippen LogP contribution in [0.5, 0.6) is 0 Å². The average Bonchev–Trinajstić information content (AvgIpc) is 2.43. The first kappa shape index (κ1) is 16.6. The summed E-state index contributed by atoms with van der Waals surface area (Å²) >= 11 is 0. The Morgan fingerprint density at radius 3 is 2.41 bits per heavy atom. The fraction of sp³-hybridized carbons (Fsp3) is 0.533. The highest BCUT2D eigenvalue weighted by molar-refractivity contribution is 5.90. The van der Waals surface area contributed by atoms with Crippen LogP contribution in [0.25, 0.3) is 0 Å². The van der Waals surface area contributed by atoms with Crippen LogP contribution in [0.3, 0.4) is 0 Å². The highest BCUT2D eigenvalue weighted by atomic mass is 19.4. The number of alkyl halides is 3. The number of urea groups is 1. The predicted molar refractivity (Wildman–Crippen MR) is 76.7 cm³/mol. The van der Waals surface area contributed by atoms with Gasteiger partial charge in [-0.1, -0.05) is 12.1 Å². The van der Waals surface area contributed by atoms with E-state index in [1.807, 2.05) is 19.9 Å². The Kier molecular flexibility index (Phi) is 4.37. The molecular weight excluding hydrogens is 297 g/mol. The standard InChI is InChI=1S/C15H19F3N2O2/c1-10-4-3-5-12(11(10)2)19-13(21)20-8-6-14(22,7-9-20)15(16,17)18/h3-5,22H,6-9H2,1-2H3,(H,19,21). The van der Waals surface area contributed by atoms with Crippen molar-refractivity contribution in [2.45, 2.75) is 38.5 Å². The smallest absolute Gasteiger partial charge is 0.380 e. The minimum Gasteiger partial charge on any atom is -0.380 e. The summed E-state index contributed by atoms with van der Waals surface area (Å²) in [6.07, 6.45) is -5.67. The van der Waals surface area contributed by atoms with Gasteiger partial charge in [-0.2, -0.15) is 13.2 Å². The minimum atomic E-state index is -4.66. The molecule has 1 fully saturated rings. The first-order valence-electron chi connectivity index (χ1n) is 7.05. The lowest BCUT2D eigenvalue weighted by Gasteiger charge is -2.39. The number of carbonyl (C=O) groups is 1. The highest BCUT2D eigenvalue weighted by Gasteiger charge is 2.54. The van der Waals surface area contributed by atoms with Crippen LogP contribution in [0.1, 0.15) is 24.0 Å². The Balaban J connectivity index is 2.00. The van der Waals surface area contributed by atoms with Gasteiger partial charge in [0.2, 0.25) is 0 Å². The van der Waals surface area contributed by atoms with E-state index >= 15 is 0 Å². The zero-order valence-corrected chi connectivity index (χ0v) is 12.5. The second kappa shape index (κ2) is 5.79. The van der Waals surface area contributed by atoms with Crippen LogP contribution < -0.4 is 5.32 Å². The molecule has 0 saturated carbocycles. The largest absolute Gasteiger partial charge is 0.417 e. The lowest BCUT2D eigenvalue weighted by Crippen LogP contribution is -2.55. The van der Waals surface area contributed by atoms with E-state index in [4.69, 9.17) is 0 Å². The number of hydrogen-bond acceptors (Lipinski definition) is 2. The fourth-order valence-corrected chi connectivity index (χ4v) is 2.44. The van der Waals surface area contributed by atoms with E-state index in [0.717, 1.165) is 11.1 Å². The number of rotatable bonds is 1. The lowest BCUT2D eigenvalue weighted by molar-refractivity contribution is -0.271. The van der Waals surface area contributed by atoms with Gasteiger partial charge in [0.15, 0.2) is 5.60 Å². The Hall–Kier alpha value is -1.76. The van der Waals surface area contributed by atoms with Crippen molar-refractivity contribution >= 4 is 11.7 Å². The molecule has 122 valence electrons. The van der Waals surface area contributed by atoms with Crippen molar-refractivity contribution < 1.29 is 23.1 Å². The molecule has 1 aliphatic rings. The minimum absolute atomic E-state index is 0.132. The maximum absolute atomic E-state index is 12.7. The molecule has 0 spiro atoms. The van der Waals surface area contributed by atoms with Crippen LogP contribution in [-0.2, 0) is 0 Å². The zero-order valence-electron chi connectivity index (χ0n) is 12.5. The third-order valence-corrected chi connectivity index (χ3v) is 4.25. The summed E-state index contributed by atoms with van der Waals surface area (Å²) in [7, 11) is 0. The summed E-state index contributed by atoms with van der Waals surface area (Å²) in [5.41, 5.74) is -0.118. The molecule has 0 unspecified atom stereocenters. The van der Waals surface area contributed by atoms with Crippen molar-refractivity contribution in [3.8, 4) is 0 Å². The molecule has 0 atom stereocenters. The second-order valence-corrected chi connectivity index (χ2v) is 5.69. The monoisotopic (exact) mass is 316 g/mol. The molecule has 2 rings (SSSR count). The van der Waals surface area contributed by atoms with Crippen LogP contribution in [0.4, 0.5) is 23.7 Å². The van der Waals surface area contributed by atoms with E-state index in [1.54, 1.807) is 12.1 Å². The first-order chi connectivity index (χ1) is 10.1. The Morgan fingerprint density at radius 2 is 1.86 bits per heavy atom. The molecule has 1 saturated heterocycles. The second-order valence-electron chi connectivity index (χ2n) is 5.69. The van der Waals surface area contributed by atoms with Crippen LogP contribution in [0.15, 0.2) is 18.2 Å². The molecule has 1 aromatic rings. The first-order valence-corrected chi connectivity index (χ1v) is 7.05. The summed E-state index contributed by atoms with van der Waals surface area (Å²) in [4.78, 5) is 13.4. The van der Waals surface area contributed by atoms with E-state index in [9.17, 15) is 23.1 Å². The molecule has 22 heavy (non-hydrogen) atoms. The van der Waals surface area contributed by atoms with E-state index < -0.39 is 30.7 Å². The van der Waals surface area contributed by atoms with Crippen LogP contribution in [0, 0.1) is 13.8 Å². The van der Waals surface area contributed by atoms with Crippen LogP contribution >= 0.6 is 0 Å². The number of carbonyl (C=O) groups excluding carboxylic acids is 1. The highest BCUT2D eigenvalue weighted by Crippen LogP contribution is 2.38. The number of aryl methyl sites for hydroxylation is 1. The number of benzene rings is 1. The molecule has 0 aliphatic carbocycles. The number of hydrogen-bond donors (Lipinski definition) is 2. The maximum Gasteiger partial charge on any atom is 0.417 e. The van der Waals surface area contributed by atoms with Gasteiger partial charge in [0.25, 0.3) is 0 Å². The van der Waals surface area contributed by atoms with Crippen molar-refractivity contribution in [2.24, 2.45) is 0 Å². The van der Waals surface area contributed by atoms with Gasteiger partial charge in [-0.3, -0.25) is 0 Å². The van der Waals surface area contributed by atoms with Crippen LogP contribution in [-0.4, -0.2) is 40.9 Å². The number of likely N-dealkylation sites (tertiary alicyclic amines) is 1. The van der Waals surface area contributed by atoms with E-state index in [0.29, 0.717) is 5.69 Å². The molecule has 4 nitrogen and oxygen atoms in total. The van der Waals surface area contributed by atoms with E-state index in [-0.39, 0.29) is 13.1 Å². The number of piperidine rings is 1. The molecule has 2 amide bonds. The molecule has 1 heterocycles. The third kappa shape index (κ3) is 3.19. The predicted octanol–water partition coefficient (Wildman–Crippen LogP) is 3.22. The number of amides is 2. The summed E-state index contributed by atoms with van der Waals surface area (Å²) < 4.78 is 38.2. The van der Waals surface area contributed by atoms with Crippen molar-refractivity contribution in [3.05, 3.63) is 29.3 Å². The van der Waals surface area contributed by atoms with Gasteiger partial charge in [-0.05, 0) is 31.0 Å². The molecule has 7 heteroatoms. The lowest BCUT2D eigenvalue weighted by atomic mass is 9.91. The summed E-state index contributed by atoms with van der Waals surface area (Å²) in [5.74, 6) is 0. The average molecular weight is 316 g/mol. The number of anilines is 1. The summed E-state index contributed by atoms with van der Waals surface area (Å²) in [6, 6.07) is 5.01. The molecule has 1 aliphatic heterocycles. The molecule has 0 bridgehead atoms. The van der Waals surface area contributed by atoms with Gasteiger partial charge in [-0.25, -0.2) is 4.79 Å². The number of nitrogens with zero attached hydrogens (tertiary/aromatic N) is 1. The van der Waals surface area contributed by atoms with Crippen molar-refractivity contribution in [2.75, 3.05) is 18.4 Å². The summed E-state index contributed by atoms with van der Waals surface area (Å²) in [6.45, 7) is 3.51. The Morgan fingerprint density at radius 1 is 1.27 bits per heavy atom. The number of halogens is 3. The van der Waals surface area contributed by atoms with Gasteiger partial charge in [0.1, 0.15) is 0 Å². The molecule has 0 radical (unpaired) electrons. The van der Waals surface area contributed by atoms with Crippen molar-refractivity contribution in [1.29, 1.82) is 0 Å². The zero-order chi connectivity index (χ0) is 16.5. The van der Waals surface area contributed by atoms with Gasteiger partial charge in [-0.15, -0.1) is 0 Å². The Bertz CT molecular complexity index is 564. The third-order valence-electron chi connectivity index (χ3n) is 4.25. The molecular formula is C15H19F3N2O2. The molecule has 2 N–H and O–H groups in total. The molecule has 1 aromatic carbocycles. The van der Waals surface area contributed by atoms with Crippen molar-refractivity contribution in [1.82, 2.24) is 4.90 Å². The quantitative estimate of drug-likeness (QED) is 0.836. The van der Waals surface area contributed by atoms with Gasteiger partial charge < -0.3 is 15.3 Å². The summed E-state index contributed by atoms with van der Waals surface area (Å²) in [5, 5.41) is 12.3. The number of nitrogens with one attached hydrogen (secondary N) is 1. The van der Waals surface area contributed by atoms with Gasteiger partial charge >= 0.3 is 12.2 Å². The topological polar surface area (TPSA) is 52.6 Å². The maximum atomic E-state index is 12.7. The van der Waals surface area contributed by atoms with Gasteiger partial charge in [0, 0.05) is 31.6 Å². The molecule has 0 aromatic heterocycles.